The van der Waals surface area contributed by atoms with Gasteiger partial charge in [0, 0.05) is 30.4 Å². The van der Waals surface area contributed by atoms with Gasteiger partial charge >= 0.3 is 5.69 Å². The van der Waals surface area contributed by atoms with E-state index in [2.05, 4.69) is 20.4 Å². The van der Waals surface area contributed by atoms with Crippen LogP contribution in [0.1, 0.15) is 64.3 Å². The van der Waals surface area contributed by atoms with Crippen LogP contribution in [0.5, 0.6) is 0 Å². The van der Waals surface area contributed by atoms with Crippen molar-refractivity contribution < 1.29 is 14.1 Å². The van der Waals surface area contributed by atoms with Crippen LogP contribution < -0.4 is 16.7 Å². The van der Waals surface area contributed by atoms with E-state index in [4.69, 9.17) is 10.3 Å². The fraction of sp³-hybridized carbons (Fsp3) is 0.407. The Morgan fingerprint density at radius 2 is 1.95 bits per heavy atom. The molecule has 0 saturated heterocycles. The topological polar surface area (TPSA) is 151 Å². The van der Waals surface area contributed by atoms with Gasteiger partial charge in [-0.15, -0.1) is 0 Å². The van der Waals surface area contributed by atoms with Gasteiger partial charge in [0.25, 0.3) is 0 Å². The fourth-order valence-electron chi connectivity index (χ4n) is 5.18. The van der Waals surface area contributed by atoms with E-state index >= 15 is 0 Å². The van der Waals surface area contributed by atoms with E-state index < -0.39 is 0 Å². The first-order valence-corrected chi connectivity index (χ1v) is 12.7. The molecule has 1 saturated carbocycles. The van der Waals surface area contributed by atoms with Crippen LogP contribution >= 0.6 is 0 Å². The molecule has 3 heterocycles. The molecule has 1 unspecified atom stereocenters. The number of benzene rings is 1. The molecule has 3 N–H and O–H groups in total. The minimum atomic E-state index is -0.334. The van der Waals surface area contributed by atoms with E-state index in [1.165, 1.54) is 10.9 Å². The number of amides is 1. The number of hydrogen-bond acceptors (Lipinski definition) is 8. The molecule has 0 spiro atoms. The van der Waals surface area contributed by atoms with E-state index in [9.17, 15) is 14.4 Å². The number of carbonyl (C=O) groups excluding carboxylic acids is 2. The number of aromatic nitrogens is 5. The van der Waals surface area contributed by atoms with Crippen molar-refractivity contribution in [3.05, 3.63) is 58.4 Å². The van der Waals surface area contributed by atoms with Gasteiger partial charge in [0.15, 0.2) is 11.5 Å². The number of nitrogens with zero attached hydrogens (tertiary/aromatic N) is 5. The summed E-state index contributed by atoms with van der Waals surface area (Å²) in [6.07, 6.45) is 3.42. The van der Waals surface area contributed by atoms with Gasteiger partial charge < -0.3 is 10.3 Å². The number of rotatable bonds is 7. The van der Waals surface area contributed by atoms with Crippen LogP contribution in [0.25, 0.3) is 16.9 Å². The molecule has 5 rings (SSSR count). The standard InChI is InChI=1S/C27H31N7O4/c1-15(2)33-25-23(24(28)29-14-30-25)34(26(33)37)18-8-5-16(6-9-18)11-21(36)31-22-13-20(32-38-22)27(3,4)17-7-10-19(35)12-17/h5-6,8-9,13-15,17H,7,10-12H2,1-4H3,(H,31,36)(H2,28,29,30). The third kappa shape index (κ3) is 4.48. The summed E-state index contributed by atoms with van der Waals surface area (Å²) < 4.78 is 8.44. The zero-order valence-corrected chi connectivity index (χ0v) is 21.9. The molecule has 1 aromatic carbocycles. The first-order valence-electron chi connectivity index (χ1n) is 12.7. The number of nitrogen functional groups attached to an aromatic ring is 1. The number of hydrogen-bond donors (Lipinski definition) is 2. The second-order valence-corrected chi connectivity index (χ2v) is 10.7. The van der Waals surface area contributed by atoms with E-state index in [1.54, 1.807) is 34.9 Å². The third-order valence-corrected chi connectivity index (χ3v) is 7.46. The summed E-state index contributed by atoms with van der Waals surface area (Å²) in [5, 5.41) is 6.92. The summed E-state index contributed by atoms with van der Waals surface area (Å²) in [6.45, 7) is 7.90. The van der Waals surface area contributed by atoms with Crippen molar-refractivity contribution in [2.75, 3.05) is 11.1 Å². The number of imidazole rings is 1. The highest BCUT2D eigenvalue weighted by atomic mass is 16.5. The lowest BCUT2D eigenvalue weighted by atomic mass is 9.75. The van der Waals surface area contributed by atoms with Gasteiger partial charge in [-0.05, 0) is 43.9 Å². The molecule has 0 bridgehead atoms. The van der Waals surface area contributed by atoms with E-state index in [0.717, 1.165) is 12.0 Å². The molecule has 1 aliphatic carbocycles. The Bertz CT molecular complexity index is 1580. The Labute approximate surface area is 219 Å². The molecular weight excluding hydrogens is 486 g/mol. The highest BCUT2D eigenvalue weighted by Gasteiger charge is 2.38. The maximum Gasteiger partial charge on any atom is 0.335 e. The molecule has 11 heteroatoms. The Morgan fingerprint density at radius 1 is 1.21 bits per heavy atom. The first kappa shape index (κ1) is 25.4. The van der Waals surface area contributed by atoms with Gasteiger partial charge in [-0.2, -0.15) is 0 Å². The molecule has 198 valence electrons. The van der Waals surface area contributed by atoms with E-state index in [-0.39, 0.29) is 52.9 Å². The van der Waals surface area contributed by atoms with Crippen molar-refractivity contribution in [3.63, 3.8) is 0 Å². The van der Waals surface area contributed by atoms with Crippen molar-refractivity contribution in [3.8, 4) is 5.69 Å². The summed E-state index contributed by atoms with van der Waals surface area (Å²) >= 11 is 0. The van der Waals surface area contributed by atoms with Crippen LogP contribution in [-0.2, 0) is 21.4 Å². The van der Waals surface area contributed by atoms with Crippen LogP contribution in [0.4, 0.5) is 11.7 Å². The summed E-state index contributed by atoms with van der Waals surface area (Å²) in [6, 6.07) is 8.70. The van der Waals surface area contributed by atoms with Gasteiger partial charge in [-0.3, -0.25) is 24.0 Å². The van der Waals surface area contributed by atoms with Gasteiger partial charge in [-0.25, -0.2) is 14.8 Å². The van der Waals surface area contributed by atoms with Crippen molar-refractivity contribution in [1.82, 2.24) is 24.3 Å². The molecular formula is C27H31N7O4. The van der Waals surface area contributed by atoms with E-state index in [0.29, 0.717) is 35.4 Å². The number of fused-ring (bicyclic) bond motifs is 1. The maximum absolute atomic E-state index is 13.2. The number of anilines is 2. The van der Waals surface area contributed by atoms with Crippen LogP contribution in [0.15, 0.2) is 46.0 Å². The Morgan fingerprint density at radius 3 is 2.61 bits per heavy atom. The van der Waals surface area contributed by atoms with Gasteiger partial charge in [0.05, 0.1) is 17.8 Å². The molecule has 1 aliphatic rings. The Kier molecular flexibility index (Phi) is 6.38. The molecule has 1 fully saturated rings. The zero-order chi connectivity index (χ0) is 27.2. The first-order chi connectivity index (χ1) is 18.1. The normalized spacial score (nSPS) is 16.0. The largest absolute Gasteiger partial charge is 0.382 e. The Balaban J connectivity index is 1.31. The highest BCUT2D eigenvalue weighted by Crippen LogP contribution is 2.40. The van der Waals surface area contributed by atoms with Crippen molar-refractivity contribution in [2.45, 2.75) is 64.8 Å². The van der Waals surface area contributed by atoms with E-state index in [1.807, 2.05) is 27.7 Å². The summed E-state index contributed by atoms with van der Waals surface area (Å²) in [5.74, 6) is 0.691. The molecule has 1 atom stereocenters. The minimum absolute atomic E-state index is 0.102. The summed E-state index contributed by atoms with van der Waals surface area (Å²) in [4.78, 5) is 46.0. The lowest BCUT2D eigenvalue weighted by molar-refractivity contribution is -0.118. The number of carbonyl (C=O) groups is 2. The monoisotopic (exact) mass is 517 g/mol. The molecule has 0 radical (unpaired) electrons. The Hall–Kier alpha value is -4.28. The molecule has 0 aliphatic heterocycles. The highest BCUT2D eigenvalue weighted by molar-refractivity contribution is 5.91. The number of ketones is 1. The summed E-state index contributed by atoms with van der Waals surface area (Å²) in [5.41, 5.74) is 8.49. The summed E-state index contributed by atoms with van der Waals surface area (Å²) in [7, 11) is 0. The van der Waals surface area contributed by atoms with Gasteiger partial charge in [-0.1, -0.05) is 31.1 Å². The molecule has 4 aromatic rings. The molecule has 3 aromatic heterocycles. The predicted octanol–water partition coefficient (Wildman–Crippen LogP) is 3.56. The van der Waals surface area contributed by atoms with Crippen LogP contribution in [0.3, 0.4) is 0 Å². The maximum atomic E-state index is 13.2. The fourth-order valence-corrected chi connectivity index (χ4v) is 5.18. The lowest BCUT2D eigenvalue weighted by Crippen LogP contribution is -2.27. The SMILES string of the molecule is CC(C)n1c(=O)n(-c2ccc(CC(=O)Nc3cc(C(C)(C)C4CCC(=O)C4)no3)cc2)c2c(N)ncnc21. The molecule has 38 heavy (non-hydrogen) atoms. The molecule has 11 nitrogen and oxygen atoms in total. The second kappa shape index (κ2) is 9.55. The number of nitrogens with one attached hydrogen (secondary N) is 1. The van der Waals surface area contributed by atoms with Crippen LogP contribution in [0, 0.1) is 5.92 Å². The average molecular weight is 518 g/mol. The van der Waals surface area contributed by atoms with Crippen molar-refractivity contribution in [2.24, 2.45) is 5.92 Å². The van der Waals surface area contributed by atoms with Crippen molar-refractivity contribution >= 4 is 34.6 Å². The smallest absolute Gasteiger partial charge is 0.335 e. The van der Waals surface area contributed by atoms with Crippen LogP contribution in [0.2, 0.25) is 0 Å². The third-order valence-electron chi connectivity index (χ3n) is 7.46. The van der Waals surface area contributed by atoms with Crippen LogP contribution in [-0.4, -0.2) is 35.9 Å². The van der Waals surface area contributed by atoms with Gasteiger partial charge in [0.2, 0.25) is 11.8 Å². The predicted molar refractivity (Wildman–Crippen MR) is 142 cm³/mol. The van der Waals surface area contributed by atoms with Crippen molar-refractivity contribution in [1.29, 1.82) is 0 Å². The van der Waals surface area contributed by atoms with Gasteiger partial charge in [0.1, 0.15) is 17.6 Å². The quantitative estimate of drug-likeness (QED) is 0.378. The second-order valence-electron chi connectivity index (χ2n) is 10.7. The molecule has 1 amide bonds. The minimum Gasteiger partial charge on any atom is -0.382 e. The zero-order valence-electron chi connectivity index (χ0n) is 21.9. The number of nitrogens with two attached hydrogens (primary N) is 1. The average Bonchev–Trinajstić information content (AvgIpc) is 3.58. The lowest BCUT2D eigenvalue weighted by Gasteiger charge is -2.28. The number of Topliss-reactive ketones (excluding diaryl/α,β-unsaturated/α-hetero) is 1.